The predicted molar refractivity (Wildman–Crippen MR) is 74.6 cm³/mol. The third kappa shape index (κ3) is 3.33. The first-order valence-electron chi connectivity index (χ1n) is 5.36. The minimum absolute atomic E-state index is 0.156. The third-order valence-electron chi connectivity index (χ3n) is 2.37. The van der Waals surface area contributed by atoms with E-state index in [1.807, 2.05) is 0 Å². The van der Waals surface area contributed by atoms with E-state index < -0.39 is 11.9 Å². The maximum Gasteiger partial charge on any atom is 0.166 e. The third-order valence-corrected chi connectivity index (χ3v) is 3.01. The van der Waals surface area contributed by atoms with Gasteiger partial charge in [0.15, 0.2) is 11.6 Å². The summed E-state index contributed by atoms with van der Waals surface area (Å²) < 4.78 is 20.0. The molecule has 0 bridgehead atoms. The minimum atomic E-state index is -0.615. The number of pyridine rings is 2. The molecule has 0 aliphatic heterocycles. The molecule has 0 aromatic carbocycles. The normalized spacial score (nSPS) is 12.2. The second-order valence-corrected chi connectivity index (χ2v) is 5.17. The first-order valence-corrected chi connectivity index (χ1v) is 6.53. The summed E-state index contributed by atoms with van der Waals surface area (Å²) >= 11 is 8.91. The van der Waals surface area contributed by atoms with E-state index in [0.717, 1.165) is 0 Å². The van der Waals surface area contributed by atoms with E-state index in [9.17, 15) is 4.39 Å². The average Bonchev–Trinajstić information content (AvgIpc) is 2.33. The smallest absolute Gasteiger partial charge is 0.166 e. The van der Waals surface area contributed by atoms with Crippen molar-refractivity contribution >= 4 is 33.3 Å². The molecule has 1 atom stereocenters. The van der Waals surface area contributed by atoms with Crippen molar-refractivity contribution in [2.45, 2.75) is 13.0 Å². The zero-order valence-electron chi connectivity index (χ0n) is 9.90. The monoisotopic (exact) mass is 345 g/mol. The zero-order chi connectivity index (χ0) is 14.0. The number of aromatic nitrogens is 2. The Morgan fingerprint density at radius 2 is 2.11 bits per heavy atom. The number of halogens is 3. The lowest BCUT2D eigenvalue weighted by atomic mass is 10.2. The first-order chi connectivity index (χ1) is 8.97. The van der Waals surface area contributed by atoms with Crippen LogP contribution in [0.3, 0.4) is 0 Å². The van der Waals surface area contributed by atoms with Gasteiger partial charge < -0.3 is 10.5 Å². The molecule has 2 aromatic heterocycles. The van der Waals surface area contributed by atoms with Gasteiger partial charge in [-0.15, -0.1) is 0 Å². The molecule has 0 saturated carbocycles. The van der Waals surface area contributed by atoms with Crippen molar-refractivity contribution in [1.82, 2.24) is 9.97 Å². The van der Waals surface area contributed by atoms with Crippen LogP contribution in [0.4, 0.5) is 10.2 Å². The van der Waals surface area contributed by atoms with Crippen molar-refractivity contribution in [3.8, 4) is 5.75 Å². The highest BCUT2D eigenvalue weighted by Gasteiger charge is 2.16. The van der Waals surface area contributed by atoms with E-state index in [1.165, 1.54) is 12.3 Å². The van der Waals surface area contributed by atoms with Crippen molar-refractivity contribution in [3.05, 3.63) is 45.5 Å². The lowest BCUT2D eigenvalue weighted by molar-refractivity contribution is 0.216. The quantitative estimate of drug-likeness (QED) is 0.919. The highest BCUT2D eigenvalue weighted by Crippen LogP contribution is 2.28. The van der Waals surface area contributed by atoms with Crippen LogP contribution in [-0.4, -0.2) is 9.97 Å². The molecular weight excluding hydrogens is 337 g/mol. The molecule has 2 rings (SSSR count). The topological polar surface area (TPSA) is 61.0 Å². The van der Waals surface area contributed by atoms with Crippen LogP contribution >= 0.6 is 27.5 Å². The molecule has 0 aliphatic carbocycles. The van der Waals surface area contributed by atoms with Gasteiger partial charge in [0.25, 0.3) is 0 Å². The summed E-state index contributed by atoms with van der Waals surface area (Å²) in [6, 6.07) is 2.85. The van der Waals surface area contributed by atoms with Crippen LogP contribution in [0, 0.1) is 5.82 Å². The van der Waals surface area contributed by atoms with Crippen LogP contribution in [0.25, 0.3) is 0 Å². The van der Waals surface area contributed by atoms with Crippen LogP contribution < -0.4 is 10.5 Å². The molecule has 2 heterocycles. The number of nitrogens with two attached hydrogens (primary N) is 1. The molecule has 2 aromatic rings. The predicted octanol–water partition coefficient (Wildman–Crippen LogP) is 3.75. The molecule has 0 amide bonds. The minimum Gasteiger partial charge on any atom is -0.480 e. The standard InChI is InChI=1S/C12H10BrClFN3O/c1-6(11-9(15)3-8(14)5-17-11)19-10-2-7(13)4-18-12(10)16/h2-6H,1H3,(H2,16,18)/t6-/m1/s1. The van der Waals surface area contributed by atoms with Gasteiger partial charge in [0.2, 0.25) is 0 Å². The number of nitrogens with zero attached hydrogens (tertiary/aromatic N) is 2. The Morgan fingerprint density at radius 3 is 2.79 bits per heavy atom. The largest absolute Gasteiger partial charge is 0.480 e. The summed E-state index contributed by atoms with van der Waals surface area (Å²) in [5.41, 5.74) is 5.84. The molecule has 4 nitrogen and oxygen atoms in total. The molecule has 0 unspecified atom stereocenters. The molecule has 2 N–H and O–H groups in total. The molecule has 0 saturated heterocycles. The average molecular weight is 347 g/mol. The number of hydrogen-bond acceptors (Lipinski definition) is 4. The molecule has 19 heavy (non-hydrogen) atoms. The number of nitrogen functional groups attached to an aromatic ring is 1. The zero-order valence-corrected chi connectivity index (χ0v) is 12.2. The van der Waals surface area contributed by atoms with Crippen LogP contribution in [0.5, 0.6) is 5.75 Å². The number of anilines is 1. The Balaban J connectivity index is 2.25. The van der Waals surface area contributed by atoms with Gasteiger partial charge in [0.1, 0.15) is 17.6 Å². The van der Waals surface area contributed by atoms with E-state index in [-0.39, 0.29) is 16.5 Å². The van der Waals surface area contributed by atoms with Crippen molar-refractivity contribution in [2.24, 2.45) is 0 Å². The summed E-state index contributed by atoms with van der Waals surface area (Å²) in [4.78, 5) is 7.85. The van der Waals surface area contributed by atoms with Gasteiger partial charge >= 0.3 is 0 Å². The second-order valence-electron chi connectivity index (χ2n) is 3.82. The van der Waals surface area contributed by atoms with E-state index in [2.05, 4.69) is 25.9 Å². The Hall–Kier alpha value is -1.40. The van der Waals surface area contributed by atoms with Gasteiger partial charge in [0.05, 0.1) is 5.02 Å². The molecular formula is C12H10BrClFN3O. The highest BCUT2D eigenvalue weighted by atomic mass is 79.9. The second kappa shape index (κ2) is 5.71. The van der Waals surface area contributed by atoms with Crippen molar-refractivity contribution < 1.29 is 9.13 Å². The number of rotatable bonds is 3. The fourth-order valence-corrected chi connectivity index (χ4v) is 1.95. The Morgan fingerprint density at radius 1 is 1.37 bits per heavy atom. The maximum absolute atomic E-state index is 13.7. The Labute approximate surface area is 122 Å². The van der Waals surface area contributed by atoms with E-state index >= 15 is 0 Å². The lowest BCUT2D eigenvalue weighted by Gasteiger charge is -2.16. The SMILES string of the molecule is C[C@@H](Oc1cc(Br)cnc1N)c1ncc(Cl)cc1F. The molecule has 0 radical (unpaired) electrons. The van der Waals surface area contributed by atoms with Gasteiger partial charge in [0, 0.05) is 16.9 Å². The van der Waals surface area contributed by atoms with Gasteiger partial charge in [-0.05, 0) is 35.0 Å². The lowest BCUT2D eigenvalue weighted by Crippen LogP contribution is -2.09. The van der Waals surface area contributed by atoms with Crippen LogP contribution in [0.1, 0.15) is 18.7 Å². The van der Waals surface area contributed by atoms with E-state index in [4.69, 9.17) is 22.1 Å². The summed E-state index contributed by atoms with van der Waals surface area (Å²) in [6.07, 6.45) is 2.30. The Bertz CT molecular complexity index is 612. The van der Waals surface area contributed by atoms with Crippen LogP contribution in [0.2, 0.25) is 5.02 Å². The number of hydrogen-bond donors (Lipinski definition) is 1. The molecule has 0 aliphatic rings. The Kier molecular flexibility index (Phi) is 4.21. The first kappa shape index (κ1) is 14.0. The van der Waals surface area contributed by atoms with Gasteiger partial charge in [-0.1, -0.05) is 11.6 Å². The molecule has 0 spiro atoms. The highest BCUT2D eigenvalue weighted by molar-refractivity contribution is 9.10. The maximum atomic E-state index is 13.7. The van der Waals surface area contributed by atoms with Crippen molar-refractivity contribution in [3.63, 3.8) is 0 Å². The summed E-state index contributed by atoms with van der Waals surface area (Å²) in [5.74, 6) is 0.0592. The summed E-state index contributed by atoms with van der Waals surface area (Å²) in [7, 11) is 0. The summed E-state index contributed by atoms with van der Waals surface area (Å²) in [5, 5.41) is 0.233. The van der Waals surface area contributed by atoms with Gasteiger partial charge in [-0.2, -0.15) is 0 Å². The molecule has 7 heteroatoms. The van der Waals surface area contributed by atoms with Crippen LogP contribution in [-0.2, 0) is 0 Å². The fourth-order valence-electron chi connectivity index (χ4n) is 1.50. The van der Waals surface area contributed by atoms with E-state index in [0.29, 0.717) is 10.2 Å². The van der Waals surface area contributed by atoms with Crippen molar-refractivity contribution in [2.75, 3.05) is 5.73 Å². The summed E-state index contributed by atoms with van der Waals surface area (Å²) in [6.45, 7) is 1.67. The molecule has 0 fully saturated rings. The van der Waals surface area contributed by atoms with Crippen molar-refractivity contribution in [1.29, 1.82) is 0 Å². The van der Waals surface area contributed by atoms with Gasteiger partial charge in [-0.25, -0.2) is 9.37 Å². The van der Waals surface area contributed by atoms with Crippen LogP contribution in [0.15, 0.2) is 29.0 Å². The number of ether oxygens (including phenoxy) is 1. The van der Waals surface area contributed by atoms with E-state index in [1.54, 1.807) is 19.2 Å². The van der Waals surface area contributed by atoms with Gasteiger partial charge in [-0.3, -0.25) is 4.98 Å². The fraction of sp³-hybridized carbons (Fsp3) is 0.167. The molecule has 100 valence electrons.